The van der Waals surface area contributed by atoms with E-state index in [4.69, 9.17) is 0 Å². The lowest BCUT2D eigenvalue weighted by atomic mass is 10.0. The molecule has 0 aromatic heterocycles. The van der Waals surface area contributed by atoms with Crippen molar-refractivity contribution in [3.63, 3.8) is 0 Å². The van der Waals surface area contributed by atoms with E-state index in [-0.39, 0.29) is 36.0 Å². The number of carbonyl (C=O) groups is 2. The zero-order chi connectivity index (χ0) is 18.7. The fourth-order valence-electron chi connectivity index (χ4n) is 3.08. The molecule has 1 saturated heterocycles. The minimum absolute atomic E-state index is 0.125. The quantitative estimate of drug-likeness (QED) is 0.839. The lowest BCUT2D eigenvalue weighted by molar-refractivity contribution is -0.137. The smallest absolute Gasteiger partial charge is 0.353 e. The summed E-state index contributed by atoms with van der Waals surface area (Å²) >= 11 is 0. The van der Waals surface area contributed by atoms with Crippen molar-refractivity contribution in [1.82, 2.24) is 10.2 Å². The number of benzene rings is 1. The molecular formula is C18H22F3N3O2. The minimum atomic E-state index is -4.44. The predicted molar refractivity (Wildman–Crippen MR) is 90.4 cm³/mol. The number of piperidine rings is 1. The lowest BCUT2D eigenvalue weighted by Crippen LogP contribution is -2.46. The molecule has 0 bridgehead atoms. The molecule has 1 aromatic carbocycles. The van der Waals surface area contributed by atoms with Gasteiger partial charge in [0.15, 0.2) is 0 Å². The molecule has 1 heterocycles. The number of nitrogens with one attached hydrogen (secondary N) is 2. The van der Waals surface area contributed by atoms with Crippen molar-refractivity contribution in [3.8, 4) is 0 Å². The molecule has 0 radical (unpaired) electrons. The number of amides is 2. The van der Waals surface area contributed by atoms with Crippen molar-refractivity contribution >= 4 is 17.5 Å². The van der Waals surface area contributed by atoms with Gasteiger partial charge < -0.3 is 10.6 Å². The van der Waals surface area contributed by atoms with Gasteiger partial charge in [0.2, 0.25) is 11.8 Å². The van der Waals surface area contributed by atoms with Crippen molar-refractivity contribution in [2.75, 3.05) is 25.0 Å². The molecule has 8 heteroatoms. The number of alkyl halides is 3. The molecule has 2 aliphatic rings. The minimum Gasteiger partial charge on any atom is -0.353 e. The summed E-state index contributed by atoms with van der Waals surface area (Å²) in [6, 6.07) is 4.75. The third kappa shape index (κ3) is 5.20. The molecule has 0 unspecified atom stereocenters. The molecule has 0 spiro atoms. The van der Waals surface area contributed by atoms with E-state index in [0.29, 0.717) is 13.1 Å². The van der Waals surface area contributed by atoms with Crippen molar-refractivity contribution in [3.05, 3.63) is 29.8 Å². The molecular weight excluding hydrogens is 347 g/mol. The number of halogens is 3. The molecule has 1 saturated carbocycles. The summed E-state index contributed by atoms with van der Waals surface area (Å²) < 4.78 is 38.1. The van der Waals surface area contributed by atoms with Crippen molar-refractivity contribution in [1.29, 1.82) is 0 Å². The molecule has 142 valence electrons. The molecule has 2 fully saturated rings. The van der Waals surface area contributed by atoms with E-state index in [9.17, 15) is 22.8 Å². The molecule has 5 nitrogen and oxygen atoms in total. The summed E-state index contributed by atoms with van der Waals surface area (Å²) in [6.45, 7) is 1.47. The summed E-state index contributed by atoms with van der Waals surface area (Å²) in [7, 11) is 0. The van der Waals surface area contributed by atoms with Gasteiger partial charge in [-0.3, -0.25) is 14.5 Å². The van der Waals surface area contributed by atoms with Crippen molar-refractivity contribution in [2.45, 2.75) is 37.9 Å². The van der Waals surface area contributed by atoms with E-state index in [0.717, 1.165) is 37.8 Å². The van der Waals surface area contributed by atoms with Crippen LogP contribution in [0.15, 0.2) is 24.3 Å². The maximum Gasteiger partial charge on any atom is 0.416 e. The van der Waals surface area contributed by atoms with Crippen molar-refractivity contribution in [2.24, 2.45) is 5.92 Å². The Hall–Kier alpha value is -2.09. The lowest BCUT2D eigenvalue weighted by Gasteiger charge is -2.31. The maximum absolute atomic E-state index is 12.7. The standard InChI is InChI=1S/C18H22F3N3O2/c19-18(20,21)13-2-1-3-15(10-13)22-16(25)11-24-8-6-14(7-9-24)23-17(26)12-4-5-12/h1-3,10,12,14H,4-9,11H2,(H,22,25)(H,23,26). The van der Waals surface area contributed by atoms with E-state index >= 15 is 0 Å². The van der Waals surface area contributed by atoms with Crippen LogP contribution < -0.4 is 10.6 Å². The molecule has 0 atom stereocenters. The Morgan fingerprint density at radius 3 is 2.42 bits per heavy atom. The Morgan fingerprint density at radius 2 is 1.81 bits per heavy atom. The first-order valence-electron chi connectivity index (χ1n) is 8.81. The molecule has 2 N–H and O–H groups in total. The molecule has 1 aromatic rings. The number of carbonyl (C=O) groups excluding carboxylic acids is 2. The van der Waals surface area contributed by atoms with Crippen LogP contribution in [-0.4, -0.2) is 42.4 Å². The largest absolute Gasteiger partial charge is 0.416 e. The summed E-state index contributed by atoms with van der Waals surface area (Å²) in [5.41, 5.74) is -0.654. The van der Waals surface area contributed by atoms with Crippen LogP contribution in [0.25, 0.3) is 0 Å². The van der Waals surface area contributed by atoms with Crippen LogP contribution >= 0.6 is 0 Å². The maximum atomic E-state index is 12.7. The molecule has 1 aliphatic heterocycles. The molecule has 1 aliphatic carbocycles. The third-order valence-electron chi connectivity index (χ3n) is 4.72. The summed E-state index contributed by atoms with van der Waals surface area (Å²) in [5.74, 6) is -0.0261. The van der Waals surface area contributed by atoms with Crippen LogP contribution in [0.2, 0.25) is 0 Å². The number of likely N-dealkylation sites (tertiary alicyclic amines) is 1. The molecule has 3 rings (SSSR count). The Bertz CT molecular complexity index is 666. The van der Waals surface area contributed by atoms with Crippen LogP contribution in [0.1, 0.15) is 31.2 Å². The Kier molecular flexibility index (Phi) is 5.50. The van der Waals surface area contributed by atoms with Gasteiger partial charge in [-0.2, -0.15) is 13.2 Å². The second-order valence-corrected chi connectivity index (χ2v) is 6.96. The highest BCUT2D eigenvalue weighted by Gasteiger charge is 2.32. The average Bonchev–Trinajstić information content (AvgIpc) is 3.41. The van der Waals surface area contributed by atoms with Crippen LogP contribution in [-0.2, 0) is 15.8 Å². The monoisotopic (exact) mass is 369 g/mol. The normalized spacial score (nSPS) is 19.2. The fourth-order valence-corrected chi connectivity index (χ4v) is 3.08. The van der Waals surface area contributed by atoms with Gasteiger partial charge in [-0.15, -0.1) is 0 Å². The first-order valence-corrected chi connectivity index (χ1v) is 8.81. The summed E-state index contributed by atoms with van der Waals surface area (Å²) in [5, 5.41) is 5.56. The highest BCUT2D eigenvalue weighted by molar-refractivity contribution is 5.92. The van der Waals surface area contributed by atoms with E-state index in [1.807, 2.05) is 4.90 Å². The van der Waals surface area contributed by atoms with Gasteiger partial charge in [0, 0.05) is 30.7 Å². The zero-order valence-corrected chi connectivity index (χ0v) is 14.3. The average molecular weight is 369 g/mol. The number of hydrogen-bond acceptors (Lipinski definition) is 3. The van der Waals surface area contributed by atoms with Crippen LogP contribution in [0, 0.1) is 5.92 Å². The third-order valence-corrected chi connectivity index (χ3v) is 4.72. The SMILES string of the molecule is O=C(CN1CCC(NC(=O)C2CC2)CC1)Nc1cccc(C(F)(F)F)c1. The second-order valence-electron chi connectivity index (χ2n) is 6.96. The van der Waals surface area contributed by atoms with E-state index < -0.39 is 11.7 Å². The van der Waals surface area contributed by atoms with Crippen LogP contribution in [0.5, 0.6) is 0 Å². The van der Waals surface area contributed by atoms with Crippen LogP contribution in [0.4, 0.5) is 18.9 Å². The first-order chi connectivity index (χ1) is 12.3. The topological polar surface area (TPSA) is 61.4 Å². The number of hydrogen-bond donors (Lipinski definition) is 2. The Morgan fingerprint density at radius 1 is 1.12 bits per heavy atom. The number of anilines is 1. The molecule has 2 amide bonds. The fraction of sp³-hybridized carbons (Fsp3) is 0.556. The van der Waals surface area contributed by atoms with E-state index in [1.54, 1.807) is 0 Å². The van der Waals surface area contributed by atoms with Gasteiger partial charge in [0.1, 0.15) is 0 Å². The van der Waals surface area contributed by atoms with Gasteiger partial charge >= 0.3 is 6.18 Å². The summed E-state index contributed by atoms with van der Waals surface area (Å²) in [6.07, 6.45) is -0.946. The predicted octanol–water partition coefficient (Wildman–Crippen LogP) is 2.63. The summed E-state index contributed by atoms with van der Waals surface area (Å²) in [4.78, 5) is 25.8. The van der Waals surface area contributed by atoms with Gasteiger partial charge in [-0.1, -0.05) is 6.07 Å². The van der Waals surface area contributed by atoms with E-state index in [2.05, 4.69) is 10.6 Å². The zero-order valence-electron chi connectivity index (χ0n) is 14.3. The van der Waals surface area contributed by atoms with E-state index in [1.165, 1.54) is 12.1 Å². The van der Waals surface area contributed by atoms with Gasteiger partial charge in [0.05, 0.1) is 12.1 Å². The second kappa shape index (κ2) is 7.65. The van der Waals surface area contributed by atoms with Crippen molar-refractivity contribution < 1.29 is 22.8 Å². The Labute approximate surface area is 149 Å². The first kappa shape index (κ1) is 18.7. The van der Waals surface area contributed by atoms with Gasteiger partial charge in [0.25, 0.3) is 0 Å². The Balaban J connectivity index is 1.43. The van der Waals surface area contributed by atoms with Gasteiger partial charge in [-0.25, -0.2) is 0 Å². The number of nitrogens with zero attached hydrogens (tertiary/aromatic N) is 1. The highest BCUT2D eigenvalue weighted by Crippen LogP contribution is 2.31. The van der Waals surface area contributed by atoms with Crippen LogP contribution in [0.3, 0.4) is 0 Å². The highest BCUT2D eigenvalue weighted by atomic mass is 19.4. The van der Waals surface area contributed by atoms with Gasteiger partial charge in [-0.05, 0) is 43.9 Å². The molecule has 26 heavy (non-hydrogen) atoms. The number of rotatable bonds is 5.